The van der Waals surface area contributed by atoms with Gasteiger partial charge in [-0.15, -0.1) is 0 Å². The summed E-state index contributed by atoms with van der Waals surface area (Å²) in [4.78, 5) is 27.9. The molecule has 0 saturated carbocycles. The Bertz CT molecular complexity index is 1570. The van der Waals surface area contributed by atoms with Gasteiger partial charge in [-0.05, 0) is 68.3 Å². The molecule has 0 spiro atoms. The third-order valence-electron chi connectivity index (χ3n) is 6.66. The Morgan fingerprint density at radius 1 is 0.907 bits per heavy atom. The van der Waals surface area contributed by atoms with Crippen LogP contribution in [0, 0.1) is 0 Å². The third-order valence-corrected chi connectivity index (χ3v) is 9.52. The number of nitrogens with one attached hydrogen (secondary N) is 1. The lowest BCUT2D eigenvalue weighted by molar-refractivity contribution is -0.139. The maximum atomic E-state index is 13.9. The van der Waals surface area contributed by atoms with Crippen LogP contribution in [0.5, 0.6) is 0 Å². The predicted molar refractivity (Wildman–Crippen MR) is 162 cm³/mol. The summed E-state index contributed by atoms with van der Waals surface area (Å²) in [5.41, 5.74) is -1.24. The van der Waals surface area contributed by atoms with Crippen LogP contribution in [-0.2, 0) is 32.3 Å². The summed E-state index contributed by atoms with van der Waals surface area (Å²) in [6.45, 7) is 3.99. The van der Waals surface area contributed by atoms with E-state index in [4.69, 9.17) is 34.8 Å². The summed E-state index contributed by atoms with van der Waals surface area (Å²) >= 11 is 18.0. The van der Waals surface area contributed by atoms with Crippen LogP contribution in [0.2, 0.25) is 15.1 Å². The molecule has 0 saturated heterocycles. The van der Waals surface area contributed by atoms with E-state index in [9.17, 15) is 31.2 Å². The Hall–Kier alpha value is -2.99. The zero-order valence-electron chi connectivity index (χ0n) is 23.3. The highest BCUT2D eigenvalue weighted by Crippen LogP contribution is 2.38. The Morgan fingerprint density at radius 3 is 2.12 bits per heavy atom. The number of amides is 2. The van der Waals surface area contributed by atoms with Crippen molar-refractivity contribution in [2.75, 3.05) is 10.8 Å². The normalized spacial score (nSPS) is 13.2. The number of benzene rings is 3. The van der Waals surface area contributed by atoms with Gasteiger partial charge in [0, 0.05) is 12.6 Å². The molecule has 0 fully saturated rings. The van der Waals surface area contributed by atoms with Crippen LogP contribution in [0.3, 0.4) is 0 Å². The van der Waals surface area contributed by atoms with Crippen molar-refractivity contribution in [2.45, 2.75) is 56.9 Å². The number of hydrogen-bond donors (Lipinski definition) is 1. The molecular weight excluding hydrogens is 650 g/mol. The molecular formula is C29H29Cl3F3N3O4S. The Morgan fingerprint density at radius 2 is 1.53 bits per heavy atom. The largest absolute Gasteiger partial charge is 0.417 e. The molecule has 2 atom stereocenters. The maximum Gasteiger partial charge on any atom is 0.417 e. The van der Waals surface area contributed by atoms with Crippen molar-refractivity contribution >= 4 is 62.3 Å². The van der Waals surface area contributed by atoms with Crippen LogP contribution in [0.15, 0.2) is 71.6 Å². The molecule has 0 aromatic heterocycles. The van der Waals surface area contributed by atoms with Gasteiger partial charge in [-0.2, -0.15) is 13.2 Å². The molecule has 0 heterocycles. The number of halogens is 6. The van der Waals surface area contributed by atoms with Crippen molar-refractivity contribution in [3.8, 4) is 0 Å². The highest BCUT2D eigenvalue weighted by Gasteiger charge is 2.37. The van der Waals surface area contributed by atoms with Gasteiger partial charge in [0.25, 0.3) is 10.0 Å². The van der Waals surface area contributed by atoms with E-state index >= 15 is 0 Å². The fourth-order valence-corrected chi connectivity index (χ4v) is 5.99. The molecule has 1 N–H and O–H groups in total. The van der Waals surface area contributed by atoms with Gasteiger partial charge in [0.1, 0.15) is 12.6 Å². The van der Waals surface area contributed by atoms with Crippen molar-refractivity contribution in [3.05, 3.63) is 92.9 Å². The minimum Gasteiger partial charge on any atom is -0.352 e. The number of rotatable bonds is 11. The lowest BCUT2D eigenvalue weighted by Gasteiger charge is -2.32. The van der Waals surface area contributed by atoms with E-state index in [1.807, 2.05) is 6.92 Å². The molecule has 3 aromatic carbocycles. The molecule has 0 radical (unpaired) electrons. The van der Waals surface area contributed by atoms with Crippen molar-refractivity contribution in [2.24, 2.45) is 0 Å². The number of sulfonamides is 1. The van der Waals surface area contributed by atoms with Crippen LogP contribution in [0.4, 0.5) is 18.9 Å². The summed E-state index contributed by atoms with van der Waals surface area (Å²) < 4.78 is 69.4. The zero-order chi connectivity index (χ0) is 32.1. The van der Waals surface area contributed by atoms with Gasteiger partial charge in [-0.1, -0.05) is 66.0 Å². The monoisotopic (exact) mass is 677 g/mol. The van der Waals surface area contributed by atoms with Gasteiger partial charge in [-0.25, -0.2) is 8.42 Å². The molecule has 0 aliphatic carbocycles. The molecule has 7 nitrogen and oxygen atoms in total. The van der Waals surface area contributed by atoms with Gasteiger partial charge in [-0.3, -0.25) is 13.9 Å². The molecule has 0 bridgehead atoms. The molecule has 232 valence electrons. The third kappa shape index (κ3) is 8.56. The molecule has 3 rings (SSSR count). The molecule has 3 aromatic rings. The number of carbonyl (C=O) groups is 2. The van der Waals surface area contributed by atoms with Crippen LogP contribution in [0.25, 0.3) is 0 Å². The second-order valence-electron chi connectivity index (χ2n) is 9.75. The van der Waals surface area contributed by atoms with Gasteiger partial charge in [0.2, 0.25) is 11.8 Å². The first-order valence-corrected chi connectivity index (χ1v) is 15.6. The summed E-state index contributed by atoms with van der Waals surface area (Å²) in [7, 11) is -4.58. The second-order valence-corrected chi connectivity index (χ2v) is 12.8. The maximum absolute atomic E-state index is 13.9. The number of anilines is 1. The lowest BCUT2D eigenvalue weighted by atomic mass is 10.1. The molecule has 0 unspecified atom stereocenters. The molecule has 43 heavy (non-hydrogen) atoms. The smallest absolute Gasteiger partial charge is 0.352 e. The predicted octanol–water partition coefficient (Wildman–Crippen LogP) is 7.19. The highest BCUT2D eigenvalue weighted by molar-refractivity contribution is 7.92. The first-order chi connectivity index (χ1) is 20.1. The van der Waals surface area contributed by atoms with E-state index in [2.05, 4.69) is 5.32 Å². The van der Waals surface area contributed by atoms with Crippen molar-refractivity contribution in [3.63, 3.8) is 0 Å². The lowest BCUT2D eigenvalue weighted by Crippen LogP contribution is -2.52. The molecule has 14 heteroatoms. The standard InChI is InChI=1S/C29H29Cl3F3N3O4S/c1-4-18(2)36-28(40)19(3)37(16-20-10-12-25(31)26(32)14-20)27(39)17-38(43(41,42)22-8-6-5-7-9-22)21-11-13-24(30)23(15-21)29(33,34)35/h5-15,18-19H,4,16-17H2,1-3H3,(H,36,40)/t18-,19-/m1/s1. The summed E-state index contributed by atoms with van der Waals surface area (Å²) in [5.74, 6) is -1.37. The van der Waals surface area contributed by atoms with Crippen molar-refractivity contribution in [1.82, 2.24) is 10.2 Å². The Kier molecular flexibility index (Phi) is 11.4. The van der Waals surface area contributed by atoms with E-state index < -0.39 is 56.9 Å². The fraction of sp³-hybridized carbons (Fsp3) is 0.310. The van der Waals surface area contributed by atoms with Gasteiger partial charge in [0.15, 0.2) is 0 Å². The number of hydrogen-bond acceptors (Lipinski definition) is 4. The zero-order valence-corrected chi connectivity index (χ0v) is 26.4. The van der Waals surface area contributed by atoms with Crippen LogP contribution in [-0.4, -0.2) is 43.8 Å². The van der Waals surface area contributed by atoms with Crippen LogP contribution in [0.1, 0.15) is 38.3 Å². The highest BCUT2D eigenvalue weighted by atomic mass is 35.5. The van der Waals surface area contributed by atoms with Crippen LogP contribution < -0.4 is 9.62 Å². The quantitative estimate of drug-likeness (QED) is 0.233. The average Bonchev–Trinajstić information content (AvgIpc) is 2.96. The average molecular weight is 679 g/mol. The molecule has 0 aliphatic rings. The van der Waals surface area contributed by atoms with Gasteiger partial charge < -0.3 is 10.2 Å². The van der Waals surface area contributed by atoms with E-state index in [0.717, 1.165) is 17.0 Å². The Labute approximate surface area is 263 Å². The SMILES string of the molecule is CC[C@@H](C)NC(=O)[C@@H](C)N(Cc1ccc(Cl)c(Cl)c1)C(=O)CN(c1ccc(Cl)c(C(F)(F)F)c1)S(=O)(=O)c1ccccc1. The summed E-state index contributed by atoms with van der Waals surface area (Å²) in [6.07, 6.45) is -4.29. The summed E-state index contributed by atoms with van der Waals surface area (Å²) in [6, 6.07) is 12.8. The van der Waals surface area contributed by atoms with Gasteiger partial charge in [0.05, 0.1) is 31.2 Å². The van der Waals surface area contributed by atoms with E-state index in [0.29, 0.717) is 22.4 Å². The summed E-state index contributed by atoms with van der Waals surface area (Å²) in [5, 5.41) is 2.60. The second kappa shape index (κ2) is 14.2. The molecule has 2 amide bonds. The van der Waals surface area contributed by atoms with E-state index in [1.54, 1.807) is 19.1 Å². The Balaban J connectivity index is 2.12. The van der Waals surface area contributed by atoms with Crippen molar-refractivity contribution in [1.29, 1.82) is 0 Å². The minimum atomic E-state index is -4.90. The molecule has 0 aliphatic heterocycles. The first-order valence-electron chi connectivity index (χ1n) is 13.0. The van der Waals surface area contributed by atoms with Crippen LogP contribution >= 0.6 is 34.8 Å². The minimum absolute atomic E-state index is 0.182. The van der Waals surface area contributed by atoms with Crippen molar-refractivity contribution < 1.29 is 31.2 Å². The fourth-order valence-electron chi connectivity index (χ4n) is 4.02. The van der Waals surface area contributed by atoms with E-state index in [-0.39, 0.29) is 27.5 Å². The number of carbonyl (C=O) groups excluding carboxylic acids is 2. The van der Waals surface area contributed by atoms with Gasteiger partial charge >= 0.3 is 6.18 Å². The first kappa shape index (κ1) is 34.5. The topological polar surface area (TPSA) is 86.8 Å². The number of alkyl halides is 3. The van der Waals surface area contributed by atoms with E-state index in [1.165, 1.54) is 43.3 Å². The number of nitrogens with zero attached hydrogens (tertiary/aromatic N) is 2.